The summed E-state index contributed by atoms with van der Waals surface area (Å²) in [4.78, 5) is 6.42. The van der Waals surface area contributed by atoms with Crippen molar-refractivity contribution in [2.24, 2.45) is 5.92 Å². The van der Waals surface area contributed by atoms with Gasteiger partial charge in [-0.25, -0.2) is 0 Å². The Hall–Kier alpha value is -1.75. The Morgan fingerprint density at radius 1 is 1.50 bits per heavy atom. The molecule has 0 spiro atoms. The smallest absolute Gasteiger partial charge is 0.298 e. The number of rotatable bonds is 3. The van der Waals surface area contributed by atoms with E-state index in [-0.39, 0.29) is 6.10 Å². The third-order valence-electron chi connectivity index (χ3n) is 3.47. The molecule has 0 atom stereocenters. The minimum absolute atomic E-state index is 0.119. The molecule has 5 nitrogen and oxygen atoms in total. The summed E-state index contributed by atoms with van der Waals surface area (Å²) in [5.74, 6) is 0.532. The topological polar surface area (TPSA) is 75.5 Å². The van der Waals surface area contributed by atoms with Crippen molar-refractivity contribution in [3.05, 3.63) is 18.2 Å². The summed E-state index contributed by atoms with van der Waals surface area (Å²) in [6.07, 6.45) is 1.63. The predicted molar refractivity (Wildman–Crippen MR) is 70.4 cm³/mol. The van der Waals surface area contributed by atoms with Gasteiger partial charge in [-0.2, -0.15) is 4.98 Å². The van der Waals surface area contributed by atoms with E-state index in [1.807, 2.05) is 24.1 Å². The molecule has 3 rings (SSSR count). The maximum Gasteiger partial charge on any atom is 0.298 e. The Morgan fingerprint density at radius 2 is 2.28 bits per heavy atom. The molecule has 18 heavy (non-hydrogen) atoms. The molecule has 1 aliphatic rings. The number of anilines is 2. The number of aromatic nitrogens is 1. The van der Waals surface area contributed by atoms with Crippen molar-refractivity contribution < 1.29 is 9.52 Å². The summed E-state index contributed by atoms with van der Waals surface area (Å²) < 4.78 is 5.68. The van der Waals surface area contributed by atoms with Crippen LogP contribution in [0.15, 0.2) is 22.6 Å². The van der Waals surface area contributed by atoms with Crippen LogP contribution in [-0.2, 0) is 0 Å². The monoisotopic (exact) mass is 247 g/mol. The number of benzene rings is 1. The number of oxazole rings is 1. The van der Waals surface area contributed by atoms with Crippen molar-refractivity contribution >= 4 is 22.8 Å². The molecule has 0 bridgehead atoms. The van der Waals surface area contributed by atoms with Gasteiger partial charge in [0, 0.05) is 25.3 Å². The van der Waals surface area contributed by atoms with E-state index in [2.05, 4.69) is 4.98 Å². The van der Waals surface area contributed by atoms with E-state index in [1.165, 1.54) is 0 Å². The van der Waals surface area contributed by atoms with Crippen molar-refractivity contribution in [2.75, 3.05) is 24.2 Å². The van der Waals surface area contributed by atoms with E-state index in [1.54, 1.807) is 6.07 Å². The zero-order valence-corrected chi connectivity index (χ0v) is 10.3. The number of aliphatic hydroxyl groups excluding tert-OH is 1. The van der Waals surface area contributed by atoms with Crippen LogP contribution < -0.4 is 10.6 Å². The summed E-state index contributed by atoms with van der Waals surface area (Å²) in [6.45, 7) is 0.860. The van der Waals surface area contributed by atoms with Gasteiger partial charge in [-0.1, -0.05) is 0 Å². The molecular weight excluding hydrogens is 230 g/mol. The average Bonchev–Trinajstić information content (AvgIpc) is 2.69. The summed E-state index contributed by atoms with van der Waals surface area (Å²) >= 11 is 0. The van der Waals surface area contributed by atoms with Crippen LogP contribution in [0.1, 0.15) is 12.8 Å². The van der Waals surface area contributed by atoms with Gasteiger partial charge in [-0.3, -0.25) is 0 Å². The zero-order valence-electron chi connectivity index (χ0n) is 10.3. The number of aliphatic hydroxyl groups is 1. The number of nitrogens with two attached hydrogens (primary N) is 1. The van der Waals surface area contributed by atoms with Gasteiger partial charge in [0.2, 0.25) is 0 Å². The van der Waals surface area contributed by atoms with Gasteiger partial charge in [0.05, 0.1) is 6.10 Å². The first-order valence-corrected chi connectivity index (χ1v) is 6.17. The van der Waals surface area contributed by atoms with Gasteiger partial charge in [-0.05, 0) is 30.9 Å². The molecule has 0 radical (unpaired) electrons. The number of hydrogen-bond acceptors (Lipinski definition) is 5. The van der Waals surface area contributed by atoms with Crippen LogP contribution in [0.25, 0.3) is 11.1 Å². The van der Waals surface area contributed by atoms with Crippen molar-refractivity contribution in [3.63, 3.8) is 0 Å². The lowest BCUT2D eigenvalue weighted by molar-refractivity contribution is 0.0461. The van der Waals surface area contributed by atoms with E-state index >= 15 is 0 Å². The molecule has 96 valence electrons. The predicted octanol–water partition coefficient (Wildman–Crippen LogP) is 1.62. The van der Waals surface area contributed by atoms with Crippen molar-refractivity contribution in [1.29, 1.82) is 0 Å². The van der Waals surface area contributed by atoms with Gasteiger partial charge < -0.3 is 20.2 Å². The number of fused-ring (bicyclic) bond motifs is 1. The Morgan fingerprint density at radius 3 is 3.00 bits per heavy atom. The molecule has 1 heterocycles. The van der Waals surface area contributed by atoms with Crippen LogP contribution in [0.4, 0.5) is 11.7 Å². The molecule has 0 amide bonds. The second-order valence-electron chi connectivity index (χ2n) is 5.10. The molecule has 5 heteroatoms. The quantitative estimate of drug-likeness (QED) is 0.806. The summed E-state index contributed by atoms with van der Waals surface area (Å²) in [5, 5.41) is 9.28. The Labute approximate surface area is 105 Å². The van der Waals surface area contributed by atoms with Crippen LogP contribution in [0.2, 0.25) is 0 Å². The molecule has 1 aromatic carbocycles. The van der Waals surface area contributed by atoms with E-state index in [0.29, 0.717) is 23.2 Å². The molecule has 0 unspecified atom stereocenters. The Bertz CT molecular complexity index is 560. The maximum absolute atomic E-state index is 9.28. The molecule has 1 aliphatic carbocycles. The number of nitrogens with zero attached hydrogens (tertiary/aromatic N) is 2. The minimum atomic E-state index is -0.119. The largest absolute Gasteiger partial charge is 0.423 e. The lowest BCUT2D eigenvalue weighted by Crippen LogP contribution is -2.37. The molecule has 1 aromatic heterocycles. The first kappa shape index (κ1) is 11.3. The van der Waals surface area contributed by atoms with Crippen molar-refractivity contribution in [2.45, 2.75) is 18.9 Å². The highest BCUT2D eigenvalue weighted by atomic mass is 16.4. The fraction of sp³-hybridized carbons (Fsp3) is 0.462. The molecule has 0 aliphatic heterocycles. The lowest BCUT2D eigenvalue weighted by atomic mass is 9.82. The number of hydrogen-bond donors (Lipinski definition) is 2. The van der Waals surface area contributed by atoms with E-state index < -0.39 is 0 Å². The average molecular weight is 247 g/mol. The minimum Gasteiger partial charge on any atom is -0.423 e. The highest BCUT2D eigenvalue weighted by Crippen LogP contribution is 2.30. The summed E-state index contributed by atoms with van der Waals surface area (Å²) in [6, 6.07) is 6.07. The first-order valence-electron chi connectivity index (χ1n) is 6.17. The Kier molecular flexibility index (Phi) is 2.63. The Balaban J connectivity index is 1.76. The fourth-order valence-corrected chi connectivity index (χ4v) is 2.41. The highest BCUT2D eigenvalue weighted by Gasteiger charge is 2.28. The van der Waals surface area contributed by atoms with Crippen LogP contribution in [-0.4, -0.2) is 29.8 Å². The SMILES string of the molecule is CN(CC1CC(O)C1)c1nc2ccc(N)cc2o1. The highest BCUT2D eigenvalue weighted by molar-refractivity contribution is 5.78. The molecule has 2 aromatic rings. The third kappa shape index (κ3) is 2.01. The van der Waals surface area contributed by atoms with Gasteiger partial charge in [0.1, 0.15) is 5.52 Å². The zero-order chi connectivity index (χ0) is 12.7. The van der Waals surface area contributed by atoms with Crippen LogP contribution in [0.5, 0.6) is 0 Å². The van der Waals surface area contributed by atoms with Crippen molar-refractivity contribution in [3.8, 4) is 0 Å². The third-order valence-corrected chi connectivity index (χ3v) is 3.47. The fourth-order valence-electron chi connectivity index (χ4n) is 2.41. The van der Waals surface area contributed by atoms with Gasteiger partial charge in [-0.15, -0.1) is 0 Å². The van der Waals surface area contributed by atoms with Crippen molar-refractivity contribution in [1.82, 2.24) is 4.98 Å². The van der Waals surface area contributed by atoms with Gasteiger partial charge in [0.15, 0.2) is 5.58 Å². The van der Waals surface area contributed by atoms with E-state index in [4.69, 9.17) is 10.2 Å². The second kappa shape index (κ2) is 4.17. The molecular formula is C13H17N3O2. The summed E-state index contributed by atoms with van der Waals surface area (Å²) in [5.41, 5.74) is 7.92. The van der Waals surface area contributed by atoms with E-state index in [9.17, 15) is 5.11 Å². The lowest BCUT2D eigenvalue weighted by Gasteiger charge is -2.33. The van der Waals surface area contributed by atoms with Gasteiger partial charge in [0.25, 0.3) is 6.01 Å². The van der Waals surface area contributed by atoms with Crippen LogP contribution >= 0.6 is 0 Å². The second-order valence-corrected chi connectivity index (χ2v) is 5.10. The molecule has 1 saturated carbocycles. The molecule has 1 fully saturated rings. The normalized spacial score (nSPS) is 23.0. The van der Waals surface area contributed by atoms with E-state index in [0.717, 1.165) is 24.9 Å². The summed E-state index contributed by atoms with van der Waals surface area (Å²) in [7, 11) is 1.96. The maximum atomic E-state index is 9.28. The number of nitrogen functional groups attached to an aromatic ring is 1. The standard InChI is InChI=1S/C13H17N3O2/c1-16(7-8-4-10(17)5-8)13-15-11-3-2-9(14)6-12(11)18-13/h2-3,6,8,10,17H,4-5,7,14H2,1H3. The van der Waals surface area contributed by atoms with Crippen LogP contribution in [0, 0.1) is 5.92 Å². The first-order chi connectivity index (χ1) is 8.61. The van der Waals surface area contributed by atoms with Gasteiger partial charge >= 0.3 is 0 Å². The van der Waals surface area contributed by atoms with Crippen LogP contribution in [0.3, 0.4) is 0 Å². The molecule has 0 saturated heterocycles. The molecule has 3 N–H and O–H groups in total.